The molecule has 0 unspecified atom stereocenters. The molecule has 1 N–H and O–H groups in total. The average molecular weight is 282 g/mol. The second kappa shape index (κ2) is 7.73. The first-order valence-electron chi connectivity index (χ1n) is 7.14. The van der Waals surface area contributed by atoms with E-state index in [2.05, 4.69) is 28.2 Å². The Balaban J connectivity index is 1.59. The van der Waals surface area contributed by atoms with E-state index in [1.807, 2.05) is 18.2 Å². The third-order valence-corrected chi connectivity index (χ3v) is 3.88. The maximum atomic E-state index is 5.95. The fraction of sp³-hybridized carbons (Fsp3) is 0.600. The third-order valence-electron chi connectivity index (χ3n) is 3.64. The minimum absolute atomic E-state index is 0.785. The number of anilines is 1. The molecule has 0 spiro atoms. The first-order chi connectivity index (χ1) is 9.24. The predicted octanol–water partition coefficient (Wildman–Crippen LogP) is 2.78. The second-order valence-electron chi connectivity index (χ2n) is 5.29. The van der Waals surface area contributed by atoms with E-state index in [4.69, 9.17) is 11.6 Å². The highest BCUT2D eigenvalue weighted by molar-refractivity contribution is 6.30. The summed E-state index contributed by atoms with van der Waals surface area (Å²) in [4.78, 5) is 4.94. The largest absolute Gasteiger partial charge is 0.384 e. The monoisotopic (exact) mass is 281 g/mol. The molecule has 1 saturated heterocycles. The van der Waals surface area contributed by atoms with E-state index in [0.717, 1.165) is 30.3 Å². The number of benzene rings is 1. The van der Waals surface area contributed by atoms with Gasteiger partial charge in [-0.3, -0.25) is 0 Å². The van der Waals surface area contributed by atoms with Crippen molar-refractivity contribution in [3.63, 3.8) is 0 Å². The van der Waals surface area contributed by atoms with E-state index in [1.165, 1.54) is 32.5 Å². The van der Waals surface area contributed by atoms with E-state index >= 15 is 0 Å². The highest BCUT2D eigenvalue weighted by Crippen LogP contribution is 2.14. The molecular formula is C15H24ClN3. The number of halogens is 1. The Morgan fingerprint density at radius 2 is 2.05 bits per heavy atom. The van der Waals surface area contributed by atoms with Crippen molar-refractivity contribution in [1.82, 2.24) is 9.80 Å². The highest BCUT2D eigenvalue weighted by atomic mass is 35.5. The van der Waals surface area contributed by atoms with Gasteiger partial charge in [0.15, 0.2) is 0 Å². The fourth-order valence-electron chi connectivity index (χ4n) is 2.42. The molecule has 0 radical (unpaired) electrons. The quantitative estimate of drug-likeness (QED) is 0.829. The van der Waals surface area contributed by atoms with Gasteiger partial charge in [-0.15, -0.1) is 0 Å². The van der Waals surface area contributed by atoms with Gasteiger partial charge in [-0.2, -0.15) is 0 Å². The number of hydrogen-bond acceptors (Lipinski definition) is 3. The number of likely N-dealkylation sites (tertiary alicyclic amines) is 1. The van der Waals surface area contributed by atoms with Crippen LogP contribution in [-0.2, 0) is 0 Å². The Morgan fingerprint density at radius 1 is 1.26 bits per heavy atom. The molecule has 0 amide bonds. The van der Waals surface area contributed by atoms with Crippen LogP contribution < -0.4 is 5.32 Å². The standard InChI is InChI=1S/C15H24ClN3/c1-18(11-12-19-8-2-3-9-19)10-7-17-15-6-4-5-14(16)13-15/h4-6,13,17H,2-3,7-12H2,1H3. The van der Waals surface area contributed by atoms with E-state index in [9.17, 15) is 0 Å². The molecule has 106 valence electrons. The molecular weight excluding hydrogens is 258 g/mol. The molecule has 1 heterocycles. The van der Waals surface area contributed by atoms with Crippen LogP contribution in [0.3, 0.4) is 0 Å². The summed E-state index contributed by atoms with van der Waals surface area (Å²) in [6.45, 7) is 6.94. The number of nitrogens with one attached hydrogen (secondary N) is 1. The molecule has 1 aromatic carbocycles. The van der Waals surface area contributed by atoms with Crippen LogP contribution in [0.1, 0.15) is 12.8 Å². The van der Waals surface area contributed by atoms with Gasteiger partial charge in [0.25, 0.3) is 0 Å². The summed E-state index contributed by atoms with van der Waals surface area (Å²) in [5, 5.41) is 4.19. The lowest BCUT2D eigenvalue weighted by Gasteiger charge is -2.21. The molecule has 2 rings (SSSR count). The van der Waals surface area contributed by atoms with Crippen molar-refractivity contribution in [3.05, 3.63) is 29.3 Å². The molecule has 1 aliphatic rings. The smallest absolute Gasteiger partial charge is 0.0426 e. The summed E-state index contributed by atoms with van der Waals surface area (Å²) in [7, 11) is 2.19. The van der Waals surface area contributed by atoms with Crippen molar-refractivity contribution in [3.8, 4) is 0 Å². The van der Waals surface area contributed by atoms with Gasteiger partial charge in [-0.1, -0.05) is 17.7 Å². The van der Waals surface area contributed by atoms with Crippen LogP contribution in [0.4, 0.5) is 5.69 Å². The van der Waals surface area contributed by atoms with Gasteiger partial charge in [-0.25, -0.2) is 0 Å². The Bertz CT molecular complexity index is 377. The normalized spacial score (nSPS) is 16.2. The number of nitrogens with zero attached hydrogens (tertiary/aromatic N) is 2. The van der Waals surface area contributed by atoms with Crippen molar-refractivity contribution >= 4 is 17.3 Å². The summed E-state index contributed by atoms with van der Waals surface area (Å²) in [6.07, 6.45) is 2.75. The Hall–Kier alpha value is -0.770. The van der Waals surface area contributed by atoms with Gasteiger partial charge in [0.1, 0.15) is 0 Å². The van der Waals surface area contributed by atoms with Gasteiger partial charge in [-0.05, 0) is 51.2 Å². The summed E-state index contributed by atoms with van der Waals surface area (Å²) in [5.74, 6) is 0. The molecule has 4 heteroatoms. The molecule has 3 nitrogen and oxygen atoms in total. The van der Waals surface area contributed by atoms with E-state index < -0.39 is 0 Å². The topological polar surface area (TPSA) is 18.5 Å². The number of rotatable bonds is 7. The van der Waals surface area contributed by atoms with Crippen molar-refractivity contribution < 1.29 is 0 Å². The van der Waals surface area contributed by atoms with Crippen LogP contribution >= 0.6 is 11.6 Å². The number of hydrogen-bond donors (Lipinski definition) is 1. The minimum Gasteiger partial charge on any atom is -0.384 e. The molecule has 0 saturated carbocycles. The van der Waals surface area contributed by atoms with Crippen molar-refractivity contribution in [2.45, 2.75) is 12.8 Å². The zero-order chi connectivity index (χ0) is 13.5. The van der Waals surface area contributed by atoms with Crippen LogP contribution in [-0.4, -0.2) is 56.1 Å². The SMILES string of the molecule is CN(CCNc1cccc(Cl)c1)CCN1CCCC1. The molecule has 1 aliphatic heterocycles. The number of likely N-dealkylation sites (N-methyl/N-ethyl adjacent to an activating group) is 1. The maximum Gasteiger partial charge on any atom is 0.0426 e. The Morgan fingerprint density at radius 3 is 2.79 bits per heavy atom. The van der Waals surface area contributed by atoms with Crippen molar-refractivity contribution in [1.29, 1.82) is 0 Å². The molecule has 1 aromatic rings. The Kier molecular flexibility index (Phi) is 5.95. The summed E-state index contributed by atoms with van der Waals surface area (Å²) >= 11 is 5.95. The van der Waals surface area contributed by atoms with Crippen LogP contribution in [0.2, 0.25) is 5.02 Å². The minimum atomic E-state index is 0.785. The second-order valence-corrected chi connectivity index (χ2v) is 5.73. The molecule has 1 fully saturated rings. The summed E-state index contributed by atoms with van der Waals surface area (Å²) in [5.41, 5.74) is 1.10. The fourth-order valence-corrected chi connectivity index (χ4v) is 2.61. The zero-order valence-electron chi connectivity index (χ0n) is 11.7. The van der Waals surface area contributed by atoms with Crippen LogP contribution in [0.25, 0.3) is 0 Å². The Labute approximate surface area is 121 Å². The van der Waals surface area contributed by atoms with Gasteiger partial charge in [0.2, 0.25) is 0 Å². The van der Waals surface area contributed by atoms with E-state index in [1.54, 1.807) is 0 Å². The zero-order valence-corrected chi connectivity index (χ0v) is 12.5. The van der Waals surface area contributed by atoms with Crippen LogP contribution in [0.15, 0.2) is 24.3 Å². The average Bonchev–Trinajstić information content (AvgIpc) is 2.89. The predicted molar refractivity (Wildman–Crippen MR) is 83.1 cm³/mol. The lowest BCUT2D eigenvalue weighted by Crippen LogP contribution is -2.33. The van der Waals surface area contributed by atoms with Crippen molar-refractivity contribution in [2.75, 3.05) is 51.6 Å². The summed E-state index contributed by atoms with van der Waals surface area (Å²) in [6, 6.07) is 7.89. The highest BCUT2D eigenvalue weighted by Gasteiger charge is 2.11. The molecule has 0 aromatic heterocycles. The molecule has 0 aliphatic carbocycles. The molecule has 0 bridgehead atoms. The van der Waals surface area contributed by atoms with Gasteiger partial charge in [0.05, 0.1) is 0 Å². The van der Waals surface area contributed by atoms with Gasteiger partial charge < -0.3 is 15.1 Å². The molecule has 19 heavy (non-hydrogen) atoms. The summed E-state index contributed by atoms with van der Waals surface area (Å²) < 4.78 is 0. The molecule has 0 atom stereocenters. The van der Waals surface area contributed by atoms with E-state index in [-0.39, 0.29) is 0 Å². The maximum absolute atomic E-state index is 5.95. The first-order valence-corrected chi connectivity index (χ1v) is 7.52. The third kappa shape index (κ3) is 5.39. The van der Waals surface area contributed by atoms with Gasteiger partial charge in [0, 0.05) is 36.9 Å². The van der Waals surface area contributed by atoms with Crippen LogP contribution in [0, 0.1) is 0 Å². The first kappa shape index (κ1) is 14.6. The van der Waals surface area contributed by atoms with E-state index in [0.29, 0.717) is 0 Å². The van der Waals surface area contributed by atoms with Gasteiger partial charge >= 0.3 is 0 Å². The lowest BCUT2D eigenvalue weighted by molar-refractivity contribution is 0.262. The van der Waals surface area contributed by atoms with Crippen molar-refractivity contribution in [2.24, 2.45) is 0 Å². The lowest BCUT2D eigenvalue weighted by atomic mass is 10.3. The van der Waals surface area contributed by atoms with Crippen LogP contribution in [0.5, 0.6) is 0 Å².